The smallest absolute Gasteiger partial charge is 0.167 e. The molecule has 1 unspecified atom stereocenters. The second-order valence-electron chi connectivity index (χ2n) is 7.45. The van der Waals surface area contributed by atoms with Gasteiger partial charge in [0.25, 0.3) is 0 Å². The van der Waals surface area contributed by atoms with Crippen LogP contribution in [0.1, 0.15) is 28.8 Å². The van der Waals surface area contributed by atoms with Crippen molar-refractivity contribution in [1.29, 1.82) is 0 Å². The molecule has 2 aromatic carbocycles. The number of piperidine rings is 1. The molecule has 1 N–H and O–H groups in total. The fourth-order valence-corrected chi connectivity index (χ4v) is 4.16. The van der Waals surface area contributed by atoms with Crippen molar-refractivity contribution in [3.63, 3.8) is 0 Å². The maximum atomic E-state index is 12.9. The molecular weight excluding hydrogens is 386 g/mol. The number of carbonyl (C=O) groups excluding carboxylic acids is 1. The number of aromatic nitrogens is 2. The van der Waals surface area contributed by atoms with Crippen LogP contribution in [-0.2, 0) is 6.54 Å². The van der Waals surface area contributed by atoms with Crippen molar-refractivity contribution in [2.75, 3.05) is 20.2 Å². The number of Topliss-reactive ketones (excluding diaryl/α,β-unsaturated/α-hetero) is 1. The average molecular weight is 410 g/mol. The number of rotatable bonds is 6. The number of hydrogen-bond acceptors (Lipinski definition) is 4. The van der Waals surface area contributed by atoms with Crippen LogP contribution in [0.2, 0.25) is 5.02 Å². The Kier molecular flexibility index (Phi) is 5.97. The predicted octanol–water partition coefficient (Wildman–Crippen LogP) is 4.83. The lowest BCUT2D eigenvalue weighted by Gasteiger charge is -2.32. The van der Waals surface area contributed by atoms with Crippen LogP contribution in [-0.4, -0.2) is 41.1 Å². The second kappa shape index (κ2) is 8.80. The maximum Gasteiger partial charge on any atom is 0.167 e. The molecule has 0 aliphatic carbocycles. The Hall–Kier alpha value is -2.63. The molecule has 4 rings (SSSR count). The number of ketones is 1. The largest absolute Gasteiger partial charge is 0.497 e. The zero-order valence-corrected chi connectivity index (χ0v) is 17.2. The zero-order chi connectivity index (χ0) is 20.2. The monoisotopic (exact) mass is 409 g/mol. The number of ether oxygens (including phenoxy) is 1. The summed E-state index contributed by atoms with van der Waals surface area (Å²) in [4.78, 5) is 15.3. The predicted molar refractivity (Wildman–Crippen MR) is 114 cm³/mol. The summed E-state index contributed by atoms with van der Waals surface area (Å²) < 4.78 is 5.24. The molecule has 1 atom stereocenters. The Labute approximate surface area is 175 Å². The highest BCUT2D eigenvalue weighted by atomic mass is 35.5. The van der Waals surface area contributed by atoms with Crippen LogP contribution in [0.4, 0.5) is 0 Å². The first-order chi connectivity index (χ1) is 14.1. The highest BCUT2D eigenvalue weighted by molar-refractivity contribution is 6.31. The van der Waals surface area contributed by atoms with Crippen LogP contribution in [0.25, 0.3) is 11.3 Å². The van der Waals surface area contributed by atoms with Crippen LogP contribution in [0.5, 0.6) is 5.75 Å². The minimum atomic E-state index is -0.00134. The van der Waals surface area contributed by atoms with Gasteiger partial charge < -0.3 is 4.74 Å². The highest BCUT2D eigenvalue weighted by Gasteiger charge is 2.27. The maximum absolute atomic E-state index is 12.9. The van der Waals surface area contributed by atoms with E-state index < -0.39 is 0 Å². The summed E-state index contributed by atoms with van der Waals surface area (Å²) in [6, 6.07) is 15.2. The normalized spacial score (nSPS) is 17.2. The van der Waals surface area contributed by atoms with Gasteiger partial charge in [-0.2, -0.15) is 5.10 Å². The van der Waals surface area contributed by atoms with Crippen LogP contribution >= 0.6 is 11.6 Å². The van der Waals surface area contributed by atoms with Crippen LogP contribution in [0.3, 0.4) is 0 Å². The molecule has 0 bridgehead atoms. The standard InChI is InChI=1S/C23H24ClN3O2/c1-29-21-9-7-16(8-10-21)22-19(13-25-26-22)15-27-11-3-5-18(14-27)23(28)17-4-2-6-20(24)12-17/h2,4,6-10,12-13,18H,3,5,11,14-15H2,1H3,(H,25,26). The number of nitrogens with zero attached hydrogens (tertiary/aromatic N) is 2. The van der Waals surface area contributed by atoms with Crippen molar-refractivity contribution in [3.05, 3.63) is 70.9 Å². The third-order valence-corrected chi connectivity index (χ3v) is 5.71. The van der Waals surface area contributed by atoms with E-state index in [-0.39, 0.29) is 11.7 Å². The van der Waals surface area contributed by atoms with Gasteiger partial charge in [-0.05, 0) is 55.8 Å². The SMILES string of the molecule is COc1ccc(-c2[nH]ncc2CN2CCCC(C(=O)c3cccc(Cl)c3)C2)cc1. The number of carbonyl (C=O) groups is 1. The molecule has 1 aliphatic rings. The molecule has 6 heteroatoms. The molecule has 1 fully saturated rings. The summed E-state index contributed by atoms with van der Waals surface area (Å²) in [5, 5.41) is 7.97. The van der Waals surface area contributed by atoms with E-state index in [0.29, 0.717) is 10.6 Å². The molecule has 0 radical (unpaired) electrons. The van der Waals surface area contributed by atoms with Gasteiger partial charge in [-0.3, -0.25) is 14.8 Å². The number of hydrogen-bond donors (Lipinski definition) is 1. The van der Waals surface area contributed by atoms with E-state index in [1.54, 1.807) is 19.2 Å². The van der Waals surface area contributed by atoms with Gasteiger partial charge in [0.2, 0.25) is 0 Å². The zero-order valence-electron chi connectivity index (χ0n) is 16.4. The number of likely N-dealkylation sites (tertiary alicyclic amines) is 1. The lowest BCUT2D eigenvalue weighted by Crippen LogP contribution is -2.38. The van der Waals surface area contributed by atoms with Crippen molar-refractivity contribution < 1.29 is 9.53 Å². The topological polar surface area (TPSA) is 58.2 Å². The summed E-state index contributed by atoms with van der Waals surface area (Å²) in [6.45, 7) is 2.49. The number of benzene rings is 2. The molecule has 2 heterocycles. The van der Waals surface area contributed by atoms with E-state index in [9.17, 15) is 4.79 Å². The van der Waals surface area contributed by atoms with Gasteiger partial charge in [-0.15, -0.1) is 0 Å². The first-order valence-corrected chi connectivity index (χ1v) is 10.2. The van der Waals surface area contributed by atoms with E-state index in [4.69, 9.17) is 16.3 Å². The highest BCUT2D eigenvalue weighted by Crippen LogP contribution is 2.27. The Morgan fingerprint density at radius 2 is 2.10 bits per heavy atom. The summed E-state index contributed by atoms with van der Waals surface area (Å²) >= 11 is 6.07. The number of halogens is 1. The van der Waals surface area contributed by atoms with E-state index in [1.165, 1.54) is 0 Å². The van der Waals surface area contributed by atoms with E-state index >= 15 is 0 Å². The van der Waals surface area contributed by atoms with E-state index in [2.05, 4.69) is 15.1 Å². The third-order valence-electron chi connectivity index (χ3n) is 5.48. The Balaban J connectivity index is 1.46. The van der Waals surface area contributed by atoms with Crippen molar-refractivity contribution in [3.8, 4) is 17.0 Å². The van der Waals surface area contributed by atoms with Crippen molar-refractivity contribution in [2.45, 2.75) is 19.4 Å². The molecule has 1 aliphatic heterocycles. The molecule has 1 aromatic heterocycles. The Bertz CT molecular complexity index is 984. The molecular formula is C23H24ClN3O2. The lowest BCUT2D eigenvalue weighted by atomic mass is 9.90. The fourth-order valence-electron chi connectivity index (χ4n) is 3.97. The molecule has 0 spiro atoms. The van der Waals surface area contributed by atoms with Gasteiger partial charge in [0.1, 0.15) is 5.75 Å². The Morgan fingerprint density at radius 3 is 2.86 bits per heavy atom. The molecule has 29 heavy (non-hydrogen) atoms. The van der Waals surface area contributed by atoms with Gasteiger partial charge in [0.05, 0.1) is 19.0 Å². The van der Waals surface area contributed by atoms with Crippen molar-refractivity contribution in [1.82, 2.24) is 15.1 Å². The minimum Gasteiger partial charge on any atom is -0.497 e. The van der Waals surface area contributed by atoms with Gasteiger partial charge in [0.15, 0.2) is 5.78 Å². The number of aromatic amines is 1. The minimum absolute atomic E-state index is 0.00134. The van der Waals surface area contributed by atoms with Crippen molar-refractivity contribution >= 4 is 17.4 Å². The number of H-pyrrole nitrogens is 1. The van der Waals surface area contributed by atoms with Gasteiger partial charge in [-0.1, -0.05) is 23.7 Å². The molecule has 0 saturated carbocycles. The summed E-state index contributed by atoms with van der Waals surface area (Å²) in [6.07, 6.45) is 3.80. The van der Waals surface area contributed by atoms with Gasteiger partial charge in [0, 0.05) is 40.7 Å². The van der Waals surface area contributed by atoms with Crippen molar-refractivity contribution in [2.24, 2.45) is 5.92 Å². The van der Waals surface area contributed by atoms with Gasteiger partial charge >= 0.3 is 0 Å². The first-order valence-electron chi connectivity index (χ1n) is 9.83. The molecule has 150 valence electrons. The summed E-state index contributed by atoms with van der Waals surface area (Å²) in [7, 11) is 1.66. The van der Waals surface area contributed by atoms with Gasteiger partial charge in [-0.25, -0.2) is 0 Å². The molecule has 1 saturated heterocycles. The molecule has 0 amide bonds. The van der Waals surface area contributed by atoms with Crippen LogP contribution in [0.15, 0.2) is 54.7 Å². The first kappa shape index (κ1) is 19.7. The Morgan fingerprint density at radius 1 is 1.28 bits per heavy atom. The molecule has 5 nitrogen and oxygen atoms in total. The number of methoxy groups -OCH3 is 1. The van der Waals surface area contributed by atoms with E-state index in [0.717, 1.165) is 55.0 Å². The molecule has 3 aromatic rings. The van der Waals surface area contributed by atoms with E-state index in [1.807, 2.05) is 42.6 Å². The second-order valence-corrected chi connectivity index (χ2v) is 7.88. The lowest BCUT2D eigenvalue weighted by molar-refractivity contribution is 0.0812. The average Bonchev–Trinajstić information content (AvgIpc) is 3.21. The van der Waals surface area contributed by atoms with Crippen LogP contribution in [0, 0.1) is 5.92 Å². The third kappa shape index (κ3) is 4.52. The summed E-state index contributed by atoms with van der Waals surface area (Å²) in [5.74, 6) is 1.01. The fraction of sp³-hybridized carbons (Fsp3) is 0.304. The number of nitrogens with one attached hydrogen (secondary N) is 1. The summed E-state index contributed by atoms with van der Waals surface area (Å²) in [5.41, 5.74) is 3.91. The van der Waals surface area contributed by atoms with Crippen LogP contribution < -0.4 is 4.74 Å². The quantitative estimate of drug-likeness (QED) is 0.592.